The van der Waals surface area contributed by atoms with Gasteiger partial charge in [-0.05, 0) is 49.3 Å². The maximum absolute atomic E-state index is 13.9. The zero-order chi connectivity index (χ0) is 20.3. The fourth-order valence-corrected chi connectivity index (χ4v) is 3.97. The Kier molecular flexibility index (Phi) is 6.26. The number of amides is 1. The number of hydrogen-bond acceptors (Lipinski definition) is 4. The van der Waals surface area contributed by atoms with Crippen LogP contribution in [0, 0.1) is 16.7 Å². The number of hydrogen-bond donors (Lipinski definition) is 1. The van der Waals surface area contributed by atoms with E-state index < -0.39 is 5.82 Å². The number of benzene rings is 2. The summed E-state index contributed by atoms with van der Waals surface area (Å²) >= 11 is 6.83. The molecule has 146 valence electrons. The van der Waals surface area contributed by atoms with Gasteiger partial charge in [0.1, 0.15) is 6.54 Å². The van der Waals surface area contributed by atoms with E-state index in [1.165, 1.54) is 30.1 Å². The minimum atomic E-state index is -0.456. The Hall–Kier alpha value is -2.51. The number of ether oxygens (including phenoxy) is 1. The highest BCUT2D eigenvalue weighted by atomic mass is 32.1. The Morgan fingerprint density at radius 2 is 2.00 bits per heavy atom. The SMILES string of the molecule is COc1ccc(C(C)NC(=O)Cn2c(-c3ccc(C)cc3)csc2=S)cc1F. The fourth-order valence-electron chi connectivity index (χ4n) is 2.90. The third kappa shape index (κ3) is 4.48. The fraction of sp³-hybridized carbons (Fsp3) is 0.238. The number of nitrogens with one attached hydrogen (secondary N) is 1. The van der Waals surface area contributed by atoms with Crippen LogP contribution in [0.1, 0.15) is 24.1 Å². The largest absolute Gasteiger partial charge is 0.494 e. The summed E-state index contributed by atoms with van der Waals surface area (Å²) in [7, 11) is 1.42. The van der Waals surface area contributed by atoms with Gasteiger partial charge in [-0.3, -0.25) is 4.79 Å². The number of carbonyl (C=O) groups is 1. The van der Waals surface area contributed by atoms with E-state index in [2.05, 4.69) is 5.32 Å². The maximum Gasteiger partial charge on any atom is 0.240 e. The van der Waals surface area contributed by atoms with Crippen molar-refractivity contribution in [2.24, 2.45) is 0 Å². The number of carbonyl (C=O) groups excluding carboxylic acids is 1. The van der Waals surface area contributed by atoms with Crippen LogP contribution in [-0.2, 0) is 11.3 Å². The molecule has 0 saturated carbocycles. The van der Waals surface area contributed by atoms with Crippen LogP contribution in [0.5, 0.6) is 5.75 Å². The number of rotatable bonds is 6. The molecule has 1 atom stereocenters. The predicted octanol–water partition coefficient (Wildman–Crippen LogP) is 5.28. The molecule has 0 aliphatic heterocycles. The molecule has 0 aliphatic rings. The van der Waals surface area contributed by atoms with E-state index in [9.17, 15) is 9.18 Å². The topological polar surface area (TPSA) is 43.3 Å². The number of thiazole rings is 1. The highest BCUT2D eigenvalue weighted by Gasteiger charge is 2.15. The van der Waals surface area contributed by atoms with E-state index in [-0.39, 0.29) is 24.2 Å². The van der Waals surface area contributed by atoms with Gasteiger partial charge in [-0.25, -0.2) is 4.39 Å². The highest BCUT2D eigenvalue weighted by molar-refractivity contribution is 7.73. The van der Waals surface area contributed by atoms with Crippen molar-refractivity contribution in [2.75, 3.05) is 7.11 Å². The van der Waals surface area contributed by atoms with Crippen LogP contribution in [0.4, 0.5) is 4.39 Å². The zero-order valence-electron chi connectivity index (χ0n) is 15.9. The number of methoxy groups -OCH3 is 1. The lowest BCUT2D eigenvalue weighted by Gasteiger charge is -2.16. The molecule has 0 aliphatic carbocycles. The van der Waals surface area contributed by atoms with Gasteiger partial charge in [0.25, 0.3) is 0 Å². The molecule has 2 aromatic carbocycles. The molecule has 4 nitrogen and oxygen atoms in total. The first-order chi connectivity index (χ1) is 13.4. The number of halogens is 1. The molecule has 28 heavy (non-hydrogen) atoms. The van der Waals surface area contributed by atoms with E-state index in [1.54, 1.807) is 12.1 Å². The molecule has 1 amide bonds. The van der Waals surface area contributed by atoms with E-state index >= 15 is 0 Å². The minimum absolute atomic E-state index is 0.106. The lowest BCUT2D eigenvalue weighted by molar-refractivity contribution is -0.122. The monoisotopic (exact) mass is 416 g/mol. The van der Waals surface area contributed by atoms with Crippen molar-refractivity contribution in [2.45, 2.75) is 26.4 Å². The summed E-state index contributed by atoms with van der Waals surface area (Å²) in [6.07, 6.45) is 0. The number of aryl methyl sites for hydroxylation is 1. The van der Waals surface area contributed by atoms with Crippen LogP contribution >= 0.6 is 23.6 Å². The van der Waals surface area contributed by atoms with Crippen molar-refractivity contribution in [1.82, 2.24) is 9.88 Å². The summed E-state index contributed by atoms with van der Waals surface area (Å²) < 4.78 is 21.3. The quantitative estimate of drug-likeness (QED) is 0.556. The van der Waals surface area contributed by atoms with Gasteiger partial charge < -0.3 is 14.6 Å². The van der Waals surface area contributed by atoms with Gasteiger partial charge in [0.05, 0.1) is 18.8 Å². The van der Waals surface area contributed by atoms with E-state index in [4.69, 9.17) is 17.0 Å². The second-order valence-electron chi connectivity index (χ2n) is 6.52. The standard InChI is InChI=1S/C21H21FN2O2S2/c1-13-4-6-15(7-5-13)18-12-28-21(27)24(18)11-20(25)23-14(2)16-8-9-19(26-3)17(22)10-16/h4-10,12,14H,11H2,1-3H3,(H,23,25). The van der Waals surface area contributed by atoms with Crippen LogP contribution in [-0.4, -0.2) is 17.6 Å². The van der Waals surface area contributed by atoms with Gasteiger partial charge in [-0.2, -0.15) is 0 Å². The molecule has 1 N–H and O–H groups in total. The third-order valence-electron chi connectivity index (χ3n) is 4.48. The summed E-state index contributed by atoms with van der Waals surface area (Å²) in [6, 6.07) is 12.4. The summed E-state index contributed by atoms with van der Waals surface area (Å²) in [5, 5.41) is 4.87. The van der Waals surface area contributed by atoms with Crippen molar-refractivity contribution in [3.63, 3.8) is 0 Å². The average Bonchev–Trinajstić information content (AvgIpc) is 3.02. The second-order valence-corrected chi connectivity index (χ2v) is 8.03. The molecule has 3 aromatic rings. The molecule has 1 aromatic heterocycles. The lowest BCUT2D eigenvalue weighted by Crippen LogP contribution is -2.30. The van der Waals surface area contributed by atoms with Crippen LogP contribution < -0.4 is 10.1 Å². The van der Waals surface area contributed by atoms with Crippen molar-refractivity contribution in [3.05, 3.63) is 68.7 Å². The molecule has 7 heteroatoms. The normalized spacial score (nSPS) is 11.9. The van der Waals surface area contributed by atoms with Crippen LogP contribution in [0.25, 0.3) is 11.3 Å². The van der Waals surface area contributed by atoms with Gasteiger partial charge in [0.2, 0.25) is 5.91 Å². The Balaban J connectivity index is 1.75. The van der Waals surface area contributed by atoms with Gasteiger partial charge in [-0.15, -0.1) is 11.3 Å². The Bertz CT molecular complexity index is 1040. The molecule has 0 radical (unpaired) electrons. The van der Waals surface area contributed by atoms with Gasteiger partial charge in [-0.1, -0.05) is 35.9 Å². The number of aromatic nitrogens is 1. The first-order valence-electron chi connectivity index (χ1n) is 8.77. The Morgan fingerprint density at radius 1 is 1.29 bits per heavy atom. The van der Waals surface area contributed by atoms with Gasteiger partial charge >= 0.3 is 0 Å². The maximum atomic E-state index is 13.9. The number of nitrogens with zero attached hydrogens (tertiary/aromatic N) is 1. The van der Waals surface area contributed by atoms with Gasteiger partial charge in [0.15, 0.2) is 15.5 Å². The predicted molar refractivity (Wildman–Crippen MR) is 113 cm³/mol. The van der Waals surface area contributed by atoms with Crippen LogP contribution in [0.15, 0.2) is 47.8 Å². The Morgan fingerprint density at radius 3 is 2.64 bits per heavy atom. The lowest BCUT2D eigenvalue weighted by atomic mass is 10.1. The third-order valence-corrected chi connectivity index (χ3v) is 5.76. The van der Waals surface area contributed by atoms with Crippen molar-refractivity contribution in [3.8, 4) is 17.0 Å². The van der Waals surface area contributed by atoms with Crippen molar-refractivity contribution >= 4 is 29.5 Å². The highest BCUT2D eigenvalue weighted by Crippen LogP contribution is 2.25. The molecule has 0 bridgehead atoms. The first kappa shape index (κ1) is 20.2. The smallest absolute Gasteiger partial charge is 0.240 e. The van der Waals surface area contributed by atoms with E-state index in [0.717, 1.165) is 11.3 Å². The van der Waals surface area contributed by atoms with E-state index in [0.29, 0.717) is 9.52 Å². The molecule has 0 spiro atoms. The molecule has 3 rings (SSSR count). The van der Waals surface area contributed by atoms with Crippen molar-refractivity contribution in [1.29, 1.82) is 0 Å². The second kappa shape index (κ2) is 8.67. The van der Waals surface area contributed by atoms with Crippen LogP contribution in [0.2, 0.25) is 0 Å². The van der Waals surface area contributed by atoms with Crippen LogP contribution in [0.3, 0.4) is 0 Å². The molecule has 0 fully saturated rings. The average molecular weight is 417 g/mol. The summed E-state index contributed by atoms with van der Waals surface area (Å²) in [6.45, 7) is 3.95. The minimum Gasteiger partial charge on any atom is -0.494 e. The summed E-state index contributed by atoms with van der Waals surface area (Å²) in [5.41, 5.74) is 3.76. The summed E-state index contributed by atoms with van der Waals surface area (Å²) in [4.78, 5) is 12.6. The molecule has 1 unspecified atom stereocenters. The first-order valence-corrected chi connectivity index (χ1v) is 10.1. The van der Waals surface area contributed by atoms with Gasteiger partial charge in [0, 0.05) is 5.38 Å². The van der Waals surface area contributed by atoms with E-state index in [1.807, 2.05) is 48.1 Å². The Labute approximate surface area is 172 Å². The molecule has 0 saturated heterocycles. The summed E-state index contributed by atoms with van der Waals surface area (Å²) in [5.74, 6) is -0.469. The molecular weight excluding hydrogens is 395 g/mol. The van der Waals surface area contributed by atoms with Crippen molar-refractivity contribution < 1.29 is 13.9 Å². The molecular formula is C21H21FN2O2S2. The molecule has 1 heterocycles. The zero-order valence-corrected chi connectivity index (χ0v) is 17.5.